The van der Waals surface area contributed by atoms with Gasteiger partial charge in [-0.1, -0.05) is 35.9 Å². The molecule has 15 nitrogen and oxygen atoms in total. The van der Waals surface area contributed by atoms with Crippen molar-refractivity contribution in [2.24, 2.45) is 5.92 Å². The summed E-state index contributed by atoms with van der Waals surface area (Å²) in [6.45, 7) is 6.97. The lowest BCUT2D eigenvalue weighted by Crippen LogP contribution is -3.13. The number of carbonyl (C=O) groups is 1. The van der Waals surface area contributed by atoms with Crippen molar-refractivity contribution in [3.63, 3.8) is 0 Å². The molecule has 0 aliphatic carbocycles. The number of sulfonamides is 1. The average Bonchev–Trinajstić information content (AvgIpc) is 3.77. The van der Waals surface area contributed by atoms with Crippen molar-refractivity contribution in [2.45, 2.75) is 24.3 Å². The Labute approximate surface area is 383 Å². The predicted octanol–water partition coefficient (Wildman–Crippen LogP) is 5.57. The summed E-state index contributed by atoms with van der Waals surface area (Å²) in [5, 5.41) is 16.8. The van der Waals surface area contributed by atoms with Crippen LogP contribution in [0.5, 0.6) is 17.2 Å². The standard InChI is InChI=1S/C48H52ClN7O8S/c1-53(2)24-27-63-46-5-3-4-40(34-6-8-36(49)9-7-34)42(46)32-54-20-22-55(23-21-54)37-10-13-41(47(29-37)64-38-11-14-43-35(28-38)16-19-50-43)48(57)52-65(60,61)39-12-15-44(45(30-39)56(58)59)51-31-33-17-25-62-26-18-33/h3-16,19,28-30,33,50-51H,17-18,20-27,31-32H2,1-2H3,(H,52,57)/p+2. The summed E-state index contributed by atoms with van der Waals surface area (Å²) in [6, 6.07) is 30.1. The number of nitrogens with one attached hydrogen (secondary N) is 5. The summed E-state index contributed by atoms with van der Waals surface area (Å²) < 4.78 is 47.8. The largest absolute Gasteiger partial charge is 0.487 e. The molecule has 0 atom stereocenters. The van der Waals surface area contributed by atoms with Crippen LogP contribution in [0, 0.1) is 16.0 Å². The number of hydrogen-bond donors (Lipinski definition) is 5. The summed E-state index contributed by atoms with van der Waals surface area (Å²) in [5.74, 6) is 0.794. The maximum atomic E-state index is 14.0. The Morgan fingerprint density at radius 3 is 2.51 bits per heavy atom. The number of H-pyrrole nitrogens is 1. The molecule has 340 valence electrons. The van der Waals surface area contributed by atoms with Crippen molar-refractivity contribution in [3.05, 3.63) is 136 Å². The molecule has 3 heterocycles. The zero-order chi connectivity index (χ0) is 45.5. The number of rotatable bonds is 17. The number of aromatic nitrogens is 1. The number of aromatic amines is 1. The van der Waals surface area contributed by atoms with E-state index in [0.29, 0.717) is 50.2 Å². The fourth-order valence-corrected chi connectivity index (χ4v) is 9.39. The van der Waals surface area contributed by atoms with Crippen LogP contribution < -0.4 is 34.2 Å². The zero-order valence-electron chi connectivity index (χ0n) is 36.4. The third-order valence-corrected chi connectivity index (χ3v) is 13.6. The molecule has 5 N–H and O–H groups in total. The van der Waals surface area contributed by atoms with Crippen LogP contribution >= 0.6 is 11.6 Å². The molecule has 5 aromatic carbocycles. The van der Waals surface area contributed by atoms with E-state index in [0.717, 1.165) is 84.1 Å². The SMILES string of the molecule is C[NH+](C)CCOc1cccc(-c2ccc(Cl)cc2)c1C[NH+]1CCN(c2ccc(C(=O)NS(=O)(=O)c3ccc(NCC4CCOCC4)c([N+](=O)[O-])c3)c(Oc3ccc4[nH]ccc4c3)c2)CC1. The summed E-state index contributed by atoms with van der Waals surface area (Å²) >= 11 is 6.26. The molecule has 0 unspecified atom stereocenters. The van der Waals surface area contributed by atoms with E-state index in [4.69, 9.17) is 25.8 Å². The minimum Gasteiger partial charge on any atom is -0.487 e. The molecule has 17 heteroatoms. The number of hydrogen-bond acceptors (Lipinski definition) is 10. The quantitative estimate of drug-likeness (QED) is 0.0575. The van der Waals surface area contributed by atoms with E-state index >= 15 is 0 Å². The number of halogens is 1. The van der Waals surface area contributed by atoms with E-state index < -0.39 is 31.4 Å². The first-order chi connectivity index (χ1) is 31.4. The summed E-state index contributed by atoms with van der Waals surface area (Å²) in [5.41, 5.74) is 4.77. The van der Waals surface area contributed by atoms with E-state index in [1.54, 1.807) is 24.3 Å². The van der Waals surface area contributed by atoms with Crippen LogP contribution in [-0.4, -0.2) is 97.4 Å². The molecule has 1 aromatic heterocycles. The number of quaternary nitrogens is 2. The Kier molecular flexibility index (Phi) is 14.2. The second-order valence-corrected chi connectivity index (χ2v) is 18.9. The number of piperazine rings is 1. The highest BCUT2D eigenvalue weighted by Gasteiger charge is 2.28. The summed E-state index contributed by atoms with van der Waals surface area (Å²) in [7, 11) is -0.352. The summed E-state index contributed by atoms with van der Waals surface area (Å²) in [6.07, 6.45) is 3.46. The zero-order valence-corrected chi connectivity index (χ0v) is 38.0. The van der Waals surface area contributed by atoms with Crippen LogP contribution in [0.1, 0.15) is 28.8 Å². The number of nitro groups is 1. The highest BCUT2D eigenvalue weighted by molar-refractivity contribution is 7.90. The molecule has 1 amide bonds. The first kappa shape index (κ1) is 45.4. The van der Waals surface area contributed by atoms with Crippen LogP contribution in [0.3, 0.4) is 0 Å². The molecule has 0 spiro atoms. The molecule has 2 aliphatic heterocycles. The third kappa shape index (κ3) is 11.2. The maximum Gasteiger partial charge on any atom is 0.293 e. The van der Waals surface area contributed by atoms with E-state index in [-0.39, 0.29) is 22.9 Å². The smallest absolute Gasteiger partial charge is 0.293 e. The first-order valence-electron chi connectivity index (χ1n) is 21.8. The fraction of sp³-hybridized carbons (Fsp3) is 0.312. The van der Waals surface area contributed by atoms with Gasteiger partial charge >= 0.3 is 0 Å². The van der Waals surface area contributed by atoms with Gasteiger partial charge in [0.15, 0.2) is 0 Å². The lowest BCUT2D eigenvalue weighted by atomic mass is 9.98. The highest BCUT2D eigenvalue weighted by atomic mass is 35.5. The molecule has 0 bridgehead atoms. The minimum atomic E-state index is -4.56. The van der Waals surface area contributed by atoms with Gasteiger partial charge in [-0.3, -0.25) is 14.9 Å². The Hall–Kier alpha value is -6.17. The van der Waals surface area contributed by atoms with Crippen molar-refractivity contribution < 1.29 is 42.1 Å². The van der Waals surface area contributed by atoms with Gasteiger partial charge in [0.25, 0.3) is 21.6 Å². The van der Waals surface area contributed by atoms with Crippen molar-refractivity contribution in [1.82, 2.24) is 9.71 Å². The topological polar surface area (TPSA) is 174 Å². The van der Waals surface area contributed by atoms with Gasteiger partial charge in [0.2, 0.25) is 0 Å². The number of carbonyl (C=O) groups excluding carboxylic acids is 1. The van der Waals surface area contributed by atoms with Gasteiger partial charge in [0.1, 0.15) is 42.6 Å². The van der Waals surface area contributed by atoms with Crippen LogP contribution in [0.25, 0.3) is 22.0 Å². The van der Waals surface area contributed by atoms with Crippen LogP contribution in [-0.2, 0) is 21.3 Å². The number of fused-ring (bicyclic) bond motifs is 1. The van der Waals surface area contributed by atoms with Gasteiger partial charge in [-0.2, -0.15) is 0 Å². The molecule has 65 heavy (non-hydrogen) atoms. The van der Waals surface area contributed by atoms with Crippen molar-refractivity contribution >= 4 is 55.5 Å². The number of amides is 1. The first-order valence-corrected chi connectivity index (χ1v) is 23.7. The molecule has 0 radical (unpaired) electrons. The number of nitro benzene ring substituents is 1. The molecular formula is C48H54ClN7O8S+2. The van der Waals surface area contributed by atoms with E-state index in [9.17, 15) is 23.3 Å². The molecular weight excluding hydrogens is 870 g/mol. The number of anilines is 2. The molecule has 0 saturated carbocycles. The van der Waals surface area contributed by atoms with Gasteiger partial charge < -0.3 is 39.2 Å². The summed E-state index contributed by atoms with van der Waals surface area (Å²) in [4.78, 5) is 33.1. The van der Waals surface area contributed by atoms with Crippen molar-refractivity contribution in [1.29, 1.82) is 0 Å². The van der Waals surface area contributed by atoms with Gasteiger partial charge in [0, 0.05) is 59.7 Å². The van der Waals surface area contributed by atoms with Gasteiger partial charge in [-0.15, -0.1) is 0 Å². The normalized spacial score (nSPS) is 15.0. The van der Waals surface area contributed by atoms with E-state index in [1.165, 1.54) is 21.9 Å². The molecule has 2 aliphatic rings. The second-order valence-electron chi connectivity index (χ2n) is 16.8. The monoisotopic (exact) mass is 923 g/mol. The maximum absolute atomic E-state index is 14.0. The molecule has 2 fully saturated rings. The average molecular weight is 925 g/mol. The van der Waals surface area contributed by atoms with E-state index in [1.807, 2.05) is 60.8 Å². The van der Waals surface area contributed by atoms with Gasteiger partial charge in [0.05, 0.1) is 61.2 Å². The molecule has 8 rings (SSSR count). The van der Waals surface area contributed by atoms with Crippen molar-refractivity contribution in [2.75, 3.05) is 83.4 Å². The van der Waals surface area contributed by atoms with Gasteiger partial charge in [-0.05, 0) is 96.6 Å². The third-order valence-electron chi connectivity index (χ3n) is 12.0. The lowest BCUT2D eigenvalue weighted by Gasteiger charge is -2.34. The number of benzene rings is 5. The number of ether oxygens (including phenoxy) is 3. The van der Waals surface area contributed by atoms with Crippen molar-refractivity contribution in [3.8, 4) is 28.4 Å². The fourth-order valence-electron chi connectivity index (χ4n) is 8.28. The molecule has 2 saturated heterocycles. The predicted molar refractivity (Wildman–Crippen MR) is 251 cm³/mol. The number of nitrogens with zero attached hydrogens (tertiary/aromatic N) is 2. The number of likely N-dealkylation sites (N-methyl/N-ethyl adjacent to an activating group) is 1. The van der Waals surface area contributed by atoms with Crippen LogP contribution in [0.15, 0.2) is 114 Å². The Balaban J connectivity index is 1.01. The van der Waals surface area contributed by atoms with Crippen LogP contribution in [0.4, 0.5) is 17.1 Å². The highest BCUT2D eigenvalue weighted by Crippen LogP contribution is 2.35. The van der Waals surface area contributed by atoms with E-state index in [2.05, 4.69) is 40.1 Å². The Morgan fingerprint density at radius 1 is 0.969 bits per heavy atom. The Morgan fingerprint density at radius 2 is 1.75 bits per heavy atom. The Bertz CT molecular complexity index is 2750. The lowest BCUT2D eigenvalue weighted by molar-refractivity contribution is -0.914. The van der Waals surface area contributed by atoms with Crippen LogP contribution in [0.2, 0.25) is 5.02 Å². The van der Waals surface area contributed by atoms with Gasteiger partial charge in [-0.25, -0.2) is 13.1 Å². The molecule has 6 aromatic rings. The second kappa shape index (κ2) is 20.3. The minimum absolute atomic E-state index is 0.0257.